The number of nitrogen functional groups attached to an aromatic ring is 1. The molecular weight excluding hydrogens is 186 g/mol. The van der Waals surface area contributed by atoms with E-state index in [0.717, 1.165) is 0 Å². The third kappa shape index (κ3) is 1.66. The fourth-order valence-corrected chi connectivity index (χ4v) is 1.09. The van der Waals surface area contributed by atoms with Gasteiger partial charge in [0.15, 0.2) is 0 Å². The molecule has 1 aromatic rings. The molecule has 0 unspecified atom stereocenters. The molecule has 0 aliphatic rings. The van der Waals surface area contributed by atoms with E-state index in [1.807, 2.05) is 0 Å². The van der Waals surface area contributed by atoms with E-state index in [9.17, 15) is 9.59 Å². The molecule has 1 aromatic carbocycles. The van der Waals surface area contributed by atoms with Crippen LogP contribution in [0.4, 0.5) is 5.69 Å². The van der Waals surface area contributed by atoms with E-state index in [4.69, 9.17) is 10.8 Å². The lowest BCUT2D eigenvalue weighted by Crippen LogP contribution is -2.12. The Morgan fingerprint density at radius 1 is 1.43 bits per heavy atom. The molecule has 0 fully saturated rings. The Morgan fingerprint density at radius 2 is 2.07 bits per heavy atom. The number of ether oxygens (including phenoxy) is 1. The molecule has 0 atom stereocenters. The summed E-state index contributed by atoms with van der Waals surface area (Å²) in [4.78, 5) is 21.9. The van der Waals surface area contributed by atoms with Crippen molar-refractivity contribution in [2.45, 2.75) is 0 Å². The lowest BCUT2D eigenvalue weighted by Gasteiger charge is -2.05. The van der Waals surface area contributed by atoms with Gasteiger partial charge in [-0.2, -0.15) is 0 Å². The van der Waals surface area contributed by atoms with Crippen molar-refractivity contribution < 1.29 is 19.4 Å². The van der Waals surface area contributed by atoms with Crippen LogP contribution in [0.3, 0.4) is 0 Å². The molecular formula is C9H9NO4. The van der Waals surface area contributed by atoms with Crippen molar-refractivity contribution in [3.8, 4) is 0 Å². The smallest absolute Gasteiger partial charge is 0.338 e. The molecule has 0 bridgehead atoms. The van der Waals surface area contributed by atoms with Crippen LogP contribution in [-0.2, 0) is 4.74 Å². The maximum absolute atomic E-state index is 11.1. The molecule has 0 aliphatic heterocycles. The van der Waals surface area contributed by atoms with Crippen LogP contribution >= 0.6 is 0 Å². The highest BCUT2D eigenvalue weighted by atomic mass is 16.5. The molecule has 0 heterocycles. The number of carbonyl (C=O) groups excluding carboxylic acids is 1. The SMILES string of the molecule is COC(=O)c1cccc(N)c1C(=O)O. The minimum absolute atomic E-state index is 0.0417. The average molecular weight is 195 g/mol. The summed E-state index contributed by atoms with van der Waals surface area (Å²) in [5.41, 5.74) is 5.20. The van der Waals surface area contributed by atoms with Crippen molar-refractivity contribution in [1.29, 1.82) is 0 Å². The number of carbonyl (C=O) groups is 2. The zero-order chi connectivity index (χ0) is 10.7. The quantitative estimate of drug-likeness (QED) is 0.537. The van der Waals surface area contributed by atoms with Crippen LogP contribution in [0.25, 0.3) is 0 Å². The van der Waals surface area contributed by atoms with E-state index in [2.05, 4.69) is 4.74 Å². The Morgan fingerprint density at radius 3 is 2.57 bits per heavy atom. The molecule has 0 amide bonds. The van der Waals surface area contributed by atoms with Gasteiger partial charge < -0.3 is 15.6 Å². The first-order valence-corrected chi connectivity index (χ1v) is 3.78. The normalized spacial score (nSPS) is 9.50. The zero-order valence-corrected chi connectivity index (χ0v) is 7.48. The number of methoxy groups -OCH3 is 1. The maximum atomic E-state index is 11.1. The van der Waals surface area contributed by atoms with Gasteiger partial charge in [0.2, 0.25) is 0 Å². The number of hydrogen-bond donors (Lipinski definition) is 2. The second-order valence-corrected chi connectivity index (χ2v) is 2.57. The minimum Gasteiger partial charge on any atom is -0.478 e. The number of carboxylic acid groups (broad SMARTS) is 1. The van der Waals surface area contributed by atoms with Crippen LogP contribution in [0, 0.1) is 0 Å². The lowest BCUT2D eigenvalue weighted by molar-refractivity contribution is 0.0583. The molecule has 3 N–H and O–H groups in total. The second-order valence-electron chi connectivity index (χ2n) is 2.57. The third-order valence-electron chi connectivity index (χ3n) is 1.72. The van der Waals surface area contributed by atoms with E-state index in [1.165, 1.54) is 25.3 Å². The number of hydrogen-bond acceptors (Lipinski definition) is 4. The highest BCUT2D eigenvalue weighted by Crippen LogP contribution is 2.17. The van der Waals surface area contributed by atoms with E-state index in [0.29, 0.717) is 0 Å². The molecule has 74 valence electrons. The fraction of sp³-hybridized carbons (Fsp3) is 0.111. The first-order chi connectivity index (χ1) is 6.57. The van der Waals surface area contributed by atoms with Gasteiger partial charge in [0.05, 0.1) is 18.2 Å². The summed E-state index contributed by atoms with van der Waals surface area (Å²) in [6, 6.07) is 4.26. The van der Waals surface area contributed by atoms with Crippen molar-refractivity contribution >= 4 is 17.6 Å². The van der Waals surface area contributed by atoms with Crippen molar-refractivity contribution in [2.24, 2.45) is 0 Å². The van der Waals surface area contributed by atoms with Gasteiger partial charge in [-0.1, -0.05) is 6.07 Å². The fourth-order valence-electron chi connectivity index (χ4n) is 1.09. The van der Waals surface area contributed by atoms with E-state index < -0.39 is 11.9 Å². The average Bonchev–Trinajstić information content (AvgIpc) is 2.15. The largest absolute Gasteiger partial charge is 0.478 e. The molecule has 0 saturated heterocycles. The number of carboxylic acids is 1. The maximum Gasteiger partial charge on any atom is 0.338 e. The summed E-state index contributed by atoms with van der Waals surface area (Å²) in [6.45, 7) is 0. The molecule has 0 saturated carbocycles. The van der Waals surface area contributed by atoms with Gasteiger partial charge in [0.1, 0.15) is 0 Å². The highest BCUT2D eigenvalue weighted by Gasteiger charge is 2.19. The zero-order valence-electron chi connectivity index (χ0n) is 7.48. The van der Waals surface area contributed by atoms with Crippen molar-refractivity contribution in [3.63, 3.8) is 0 Å². The Balaban J connectivity index is 3.35. The van der Waals surface area contributed by atoms with E-state index in [1.54, 1.807) is 0 Å². The highest BCUT2D eigenvalue weighted by molar-refractivity contribution is 6.05. The van der Waals surface area contributed by atoms with E-state index >= 15 is 0 Å². The van der Waals surface area contributed by atoms with Gasteiger partial charge in [0.25, 0.3) is 0 Å². The van der Waals surface area contributed by atoms with Gasteiger partial charge in [-0.3, -0.25) is 0 Å². The van der Waals surface area contributed by atoms with Gasteiger partial charge in [0, 0.05) is 5.69 Å². The molecule has 0 spiro atoms. The van der Waals surface area contributed by atoms with Gasteiger partial charge in [-0.25, -0.2) is 9.59 Å². The van der Waals surface area contributed by atoms with Gasteiger partial charge in [-0.05, 0) is 12.1 Å². The summed E-state index contributed by atoms with van der Waals surface area (Å²) < 4.78 is 4.42. The first-order valence-electron chi connectivity index (χ1n) is 3.78. The molecule has 5 heteroatoms. The van der Waals surface area contributed by atoms with Crippen LogP contribution in [0.15, 0.2) is 18.2 Å². The lowest BCUT2D eigenvalue weighted by atomic mass is 10.1. The first kappa shape index (κ1) is 10.0. The summed E-state index contributed by atoms with van der Waals surface area (Å²) in [5, 5.41) is 8.80. The van der Waals surface area contributed by atoms with Crippen LogP contribution < -0.4 is 5.73 Å². The predicted molar refractivity (Wildman–Crippen MR) is 49.2 cm³/mol. The predicted octanol–water partition coefficient (Wildman–Crippen LogP) is 0.754. The van der Waals surface area contributed by atoms with Crippen LogP contribution in [0.5, 0.6) is 0 Å². The number of benzene rings is 1. The summed E-state index contributed by atoms with van der Waals surface area (Å²) >= 11 is 0. The number of aromatic carboxylic acids is 1. The van der Waals surface area contributed by atoms with Crippen LogP contribution in [0.2, 0.25) is 0 Å². The number of esters is 1. The Kier molecular flexibility index (Phi) is 2.71. The van der Waals surface area contributed by atoms with Gasteiger partial charge >= 0.3 is 11.9 Å². The Bertz CT molecular complexity index is 386. The molecule has 5 nitrogen and oxygen atoms in total. The molecule has 0 aliphatic carbocycles. The number of rotatable bonds is 2. The monoisotopic (exact) mass is 195 g/mol. The van der Waals surface area contributed by atoms with Crippen molar-refractivity contribution in [2.75, 3.05) is 12.8 Å². The number of nitrogens with two attached hydrogens (primary N) is 1. The summed E-state index contributed by atoms with van der Waals surface area (Å²) in [7, 11) is 1.18. The molecule has 14 heavy (non-hydrogen) atoms. The summed E-state index contributed by atoms with van der Waals surface area (Å²) in [5.74, 6) is -1.96. The number of anilines is 1. The molecule has 0 aromatic heterocycles. The van der Waals surface area contributed by atoms with Crippen molar-refractivity contribution in [3.05, 3.63) is 29.3 Å². The second kappa shape index (κ2) is 3.78. The van der Waals surface area contributed by atoms with E-state index in [-0.39, 0.29) is 16.8 Å². The van der Waals surface area contributed by atoms with Crippen molar-refractivity contribution in [1.82, 2.24) is 0 Å². The molecule has 0 radical (unpaired) electrons. The Labute approximate surface area is 80.1 Å². The van der Waals surface area contributed by atoms with Crippen LogP contribution in [0.1, 0.15) is 20.7 Å². The molecule has 1 rings (SSSR count). The third-order valence-corrected chi connectivity index (χ3v) is 1.72. The van der Waals surface area contributed by atoms with Gasteiger partial charge in [-0.15, -0.1) is 0 Å². The minimum atomic E-state index is -1.25. The Hall–Kier alpha value is -2.04. The van der Waals surface area contributed by atoms with Crippen LogP contribution in [-0.4, -0.2) is 24.2 Å². The summed E-state index contributed by atoms with van der Waals surface area (Å²) in [6.07, 6.45) is 0. The topological polar surface area (TPSA) is 89.6 Å². The standard InChI is InChI=1S/C9H9NO4/c1-14-9(13)5-3-2-4-6(10)7(5)8(11)12/h2-4H,10H2,1H3,(H,11,12).